The van der Waals surface area contributed by atoms with Crippen molar-refractivity contribution in [1.82, 2.24) is 10.1 Å². The zero-order valence-corrected chi connectivity index (χ0v) is 14.0. The van der Waals surface area contributed by atoms with Crippen LogP contribution < -0.4 is 5.73 Å². The van der Waals surface area contributed by atoms with Crippen molar-refractivity contribution in [3.8, 4) is 11.5 Å². The van der Waals surface area contributed by atoms with Gasteiger partial charge < -0.3 is 10.3 Å². The van der Waals surface area contributed by atoms with Gasteiger partial charge in [0.2, 0.25) is 0 Å². The molecule has 1 saturated carbocycles. The summed E-state index contributed by atoms with van der Waals surface area (Å²) in [5.74, 6) is 3.71. The Balaban J connectivity index is 1.55. The predicted molar refractivity (Wildman–Crippen MR) is 91.7 cm³/mol. The lowest BCUT2D eigenvalue weighted by Crippen LogP contribution is -2.34. The molecule has 4 rings (SSSR count). The van der Waals surface area contributed by atoms with Crippen LogP contribution in [-0.2, 0) is 5.54 Å². The molecule has 1 saturated heterocycles. The van der Waals surface area contributed by atoms with Crippen LogP contribution in [0.2, 0.25) is 0 Å². The third-order valence-electron chi connectivity index (χ3n) is 4.42. The third-order valence-corrected chi connectivity index (χ3v) is 7.52. The number of nitrogens with two attached hydrogens (primary N) is 1. The topological polar surface area (TPSA) is 64.9 Å². The molecule has 0 bridgehead atoms. The van der Waals surface area contributed by atoms with E-state index in [1.165, 1.54) is 17.1 Å². The fourth-order valence-corrected chi connectivity index (χ4v) is 5.97. The van der Waals surface area contributed by atoms with Crippen molar-refractivity contribution in [2.45, 2.75) is 35.8 Å². The number of hydrogen-bond acceptors (Lipinski definition) is 6. The average Bonchev–Trinajstić information content (AvgIpc) is 3.29. The van der Waals surface area contributed by atoms with Gasteiger partial charge in [-0.25, -0.2) is 0 Å². The van der Waals surface area contributed by atoms with E-state index in [4.69, 9.17) is 10.3 Å². The molecule has 0 spiro atoms. The molecular formula is C16H19N3OS2. The normalized spacial score (nSPS) is 21.5. The lowest BCUT2D eigenvalue weighted by molar-refractivity contribution is 0.372. The highest BCUT2D eigenvalue weighted by Gasteiger charge is 2.36. The Kier molecular flexibility index (Phi) is 3.92. The van der Waals surface area contributed by atoms with Crippen molar-refractivity contribution in [2.75, 3.05) is 11.5 Å². The van der Waals surface area contributed by atoms with Crippen molar-refractivity contribution in [3.63, 3.8) is 0 Å². The highest BCUT2D eigenvalue weighted by atomic mass is 32.2. The van der Waals surface area contributed by atoms with Gasteiger partial charge in [0.05, 0.1) is 10.1 Å². The monoisotopic (exact) mass is 333 g/mol. The number of rotatable bonds is 3. The summed E-state index contributed by atoms with van der Waals surface area (Å²) >= 11 is 4.03. The first-order valence-electron chi connectivity index (χ1n) is 7.71. The van der Waals surface area contributed by atoms with E-state index in [1.54, 1.807) is 0 Å². The molecule has 2 aromatic rings. The van der Waals surface area contributed by atoms with E-state index in [2.05, 4.69) is 34.4 Å². The Hall–Kier alpha value is -0.980. The maximum atomic E-state index is 6.39. The summed E-state index contributed by atoms with van der Waals surface area (Å²) in [5, 5.41) is 4.13. The van der Waals surface area contributed by atoms with Gasteiger partial charge in [-0.05, 0) is 30.5 Å². The minimum Gasteiger partial charge on any atom is -0.334 e. The summed E-state index contributed by atoms with van der Waals surface area (Å²) in [6.45, 7) is 0. The van der Waals surface area contributed by atoms with Gasteiger partial charge in [0.15, 0.2) is 5.82 Å². The van der Waals surface area contributed by atoms with Crippen LogP contribution in [0, 0.1) is 0 Å². The summed E-state index contributed by atoms with van der Waals surface area (Å²) in [6, 6.07) is 8.49. The van der Waals surface area contributed by atoms with Gasteiger partial charge in [-0.15, -0.1) is 23.5 Å². The number of nitrogens with zero attached hydrogens (tertiary/aromatic N) is 2. The zero-order chi connectivity index (χ0) is 15.0. The summed E-state index contributed by atoms with van der Waals surface area (Å²) in [6.07, 6.45) is 4.18. The Morgan fingerprint density at radius 2 is 1.77 bits per heavy atom. The smallest absolute Gasteiger partial charge is 0.257 e. The predicted octanol–water partition coefficient (Wildman–Crippen LogP) is 3.94. The van der Waals surface area contributed by atoms with Crippen LogP contribution in [0.3, 0.4) is 0 Å². The van der Waals surface area contributed by atoms with Crippen molar-refractivity contribution < 1.29 is 4.52 Å². The maximum absolute atomic E-state index is 6.39. The molecule has 2 aliphatic rings. The standard InChI is InChI=1S/C16H19N3OS2/c17-16(7-1-2-8-16)15-18-13(20-19-15)11-3-5-12(6-4-11)14-21-9-10-22-14/h3-6,14H,1-2,7-10,17H2. The first-order chi connectivity index (χ1) is 10.7. The molecule has 6 heteroatoms. The molecule has 116 valence electrons. The highest BCUT2D eigenvalue weighted by molar-refractivity contribution is 8.19. The molecule has 0 radical (unpaired) electrons. The van der Waals surface area contributed by atoms with Gasteiger partial charge in [0.1, 0.15) is 0 Å². The van der Waals surface area contributed by atoms with Crippen LogP contribution in [0.15, 0.2) is 28.8 Å². The van der Waals surface area contributed by atoms with Gasteiger partial charge in [-0.3, -0.25) is 0 Å². The molecule has 1 aliphatic heterocycles. The van der Waals surface area contributed by atoms with Crippen LogP contribution >= 0.6 is 23.5 Å². The largest absolute Gasteiger partial charge is 0.334 e. The third kappa shape index (κ3) is 2.68. The highest BCUT2D eigenvalue weighted by Crippen LogP contribution is 2.45. The van der Waals surface area contributed by atoms with Crippen LogP contribution in [0.1, 0.15) is 41.7 Å². The summed E-state index contributed by atoms with van der Waals surface area (Å²) in [7, 11) is 0. The molecule has 2 fully saturated rings. The molecule has 0 atom stereocenters. The lowest BCUT2D eigenvalue weighted by Gasteiger charge is -2.17. The molecule has 2 heterocycles. The molecule has 0 amide bonds. The van der Waals surface area contributed by atoms with E-state index in [0.717, 1.165) is 31.2 Å². The maximum Gasteiger partial charge on any atom is 0.257 e. The van der Waals surface area contributed by atoms with Crippen LogP contribution in [-0.4, -0.2) is 21.6 Å². The summed E-state index contributed by atoms with van der Waals surface area (Å²) in [5.41, 5.74) is 8.33. The van der Waals surface area contributed by atoms with E-state index in [1.807, 2.05) is 23.5 Å². The van der Waals surface area contributed by atoms with E-state index in [-0.39, 0.29) is 0 Å². The molecular weight excluding hydrogens is 314 g/mol. The quantitative estimate of drug-likeness (QED) is 0.917. The number of aromatic nitrogens is 2. The van der Waals surface area contributed by atoms with Gasteiger partial charge in [0.25, 0.3) is 5.89 Å². The summed E-state index contributed by atoms with van der Waals surface area (Å²) < 4.78 is 6.01. The van der Waals surface area contributed by atoms with Gasteiger partial charge in [-0.2, -0.15) is 4.98 Å². The van der Waals surface area contributed by atoms with Gasteiger partial charge in [0, 0.05) is 17.1 Å². The van der Waals surface area contributed by atoms with E-state index < -0.39 is 5.54 Å². The Bertz CT molecular complexity index is 644. The lowest BCUT2D eigenvalue weighted by atomic mass is 9.99. The summed E-state index contributed by atoms with van der Waals surface area (Å²) in [4.78, 5) is 4.55. The number of hydrogen-bond donors (Lipinski definition) is 1. The Morgan fingerprint density at radius 3 is 2.45 bits per heavy atom. The van der Waals surface area contributed by atoms with E-state index >= 15 is 0 Å². The molecule has 1 aromatic heterocycles. The Labute approximate surface area is 138 Å². The molecule has 0 unspecified atom stereocenters. The fourth-order valence-electron chi connectivity index (χ4n) is 3.11. The van der Waals surface area contributed by atoms with Crippen LogP contribution in [0.25, 0.3) is 11.5 Å². The molecule has 2 N–H and O–H groups in total. The number of benzene rings is 1. The van der Waals surface area contributed by atoms with E-state index in [0.29, 0.717) is 16.3 Å². The molecule has 1 aromatic carbocycles. The average molecular weight is 333 g/mol. The molecule has 4 nitrogen and oxygen atoms in total. The molecule has 22 heavy (non-hydrogen) atoms. The Morgan fingerprint density at radius 1 is 1.09 bits per heavy atom. The fraction of sp³-hybridized carbons (Fsp3) is 0.500. The first kappa shape index (κ1) is 14.6. The van der Waals surface area contributed by atoms with Crippen molar-refractivity contribution >= 4 is 23.5 Å². The van der Waals surface area contributed by atoms with Crippen LogP contribution in [0.5, 0.6) is 0 Å². The van der Waals surface area contributed by atoms with Crippen molar-refractivity contribution in [3.05, 3.63) is 35.7 Å². The first-order valence-corrected chi connectivity index (χ1v) is 9.81. The number of thioether (sulfide) groups is 2. The van der Waals surface area contributed by atoms with E-state index in [9.17, 15) is 0 Å². The van der Waals surface area contributed by atoms with Crippen LogP contribution in [0.4, 0.5) is 0 Å². The zero-order valence-electron chi connectivity index (χ0n) is 12.3. The second-order valence-corrected chi connectivity index (χ2v) is 8.71. The van der Waals surface area contributed by atoms with Gasteiger partial charge in [-0.1, -0.05) is 30.1 Å². The molecule has 1 aliphatic carbocycles. The van der Waals surface area contributed by atoms with Crippen molar-refractivity contribution in [2.24, 2.45) is 5.73 Å². The van der Waals surface area contributed by atoms with Gasteiger partial charge >= 0.3 is 0 Å². The SMILES string of the molecule is NC1(c2noc(-c3ccc(C4SCCS4)cc3)n2)CCCC1. The second kappa shape index (κ2) is 5.91. The van der Waals surface area contributed by atoms with Crippen molar-refractivity contribution in [1.29, 1.82) is 0 Å². The second-order valence-electron chi connectivity index (χ2n) is 5.98. The minimum atomic E-state index is -0.390. The minimum absolute atomic E-state index is 0.390.